The molecular weight excluding hydrogens is 205 g/mol. The largest absolute Gasteiger partial charge is 0.378 e. The predicted octanol–water partition coefficient (Wildman–Crippen LogP) is 2.66. The van der Waals surface area contributed by atoms with Crippen LogP contribution in [0, 0.1) is 5.82 Å². The monoisotopic (exact) mass is 223 g/mol. The Morgan fingerprint density at radius 2 is 2.31 bits per heavy atom. The van der Waals surface area contributed by atoms with Crippen LogP contribution >= 0.6 is 0 Å². The summed E-state index contributed by atoms with van der Waals surface area (Å²) in [6, 6.07) is 6.99. The molecule has 0 bridgehead atoms. The van der Waals surface area contributed by atoms with Crippen LogP contribution in [0.4, 0.5) is 4.39 Å². The van der Waals surface area contributed by atoms with E-state index in [9.17, 15) is 4.39 Å². The van der Waals surface area contributed by atoms with Crippen molar-refractivity contribution in [3.05, 3.63) is 35.6 Å². The molecule has 3 heteroatoms. The minimum absolute atomic E-state index is 0.0456. The summed E-state index contributed by atoms with van der Waals surface area (Å²) >= 11 is 0. The van der Waals surface area contributed by atoms with E-state index in [1.165, 1.54) is 6.07 Å². The van der Waals surface area contributed by atoms with Gasteiger partial charge in [-0.15, -0.1) is 0 Å². The highest BCUT2D eigenvalue weighted by Gasteiger charge is 2.22. The average Bonchev–Trinajstić information content (AvgIpc) is 2.80. The van der Waals surface area contributed by atoms with Crippen LogP contribution in [0.1, 0.15) is 30.9 Å². The van der Waals surface area contributed by atoms with Crippen LogP contribution in [0.25, 0.3) is 0 Å². The van der Waals surface area contributed by atoms with Crippen molar-refractivity contribution in [2.45, 2.75) is 31.4 Å². The van der Waals surface area contributed by atoms with Crippen LogP contribution < -0.4 is 5.32 Å². The molecule has 1 N–H and O–H groups in total. The smallest absolute Gasteiger partial charge is 0.127 e. The Kier molecular flexibility index (Phi) is 3.91. The molecule has 0 aromatic heterocycles. The molecule has 1 aliphatic heterocycles. The van der Waals surface area contributed by atoms with Crippen molar-refractivity contribution in [2.24, 2.45) is 0 Å². The quantitative estimate of drug-likeness (QED) is 0.847. The summed E-state index contributed by atoms with van der Waals surface area (Å²) in [6.45, 7) is 0.846. The number of halogens is 1. The van der Waals surface area contributed by atoms with E-state index >= 15 is 0 Å². The maximum atomic E-state index is 13.6. The summed E-state index contributed by atoms with van der Waals surface area (Å²) in [4.78, 5) is 0. The van der Waals surface area contributed by atoms with Gasteiger partial charge >= 0.3 is 0 Å². The highest BCUT2D eigenvalue weighted by atomic mass is 19.1. The zero-order valence-corrected chi connectivity index (χ0v) is 9.58. The highest BCUT2D eigenvalue weighted by molar-refractivity contribution is 5.21. The third-order valence-electron chi connectivity index (χ3n) is 3.15. The molecule has 1 heterocycles. The molecule has 1 aliphatic rings. The second-order valence-electron chi connectivity index (χ2n) is 4.23. The molecule has 0 saturated carbocycles. The third-order valence-corrected chi connectivity index (χ3v) is 3.15. The van der Waals surface area contributed by atoms with Crippen molar-refractivity contribution in [3.8, 4) is 0 Å². The second kappa shape index (κ2) is 5.41. The Hall–Kier alpha value is -0.930. The summed E-state index contributed by atoms with van der Waals surface area (Å²) in [6.07, 6.45) is 3.33. The van der Waals surface area contributed by atoms with E-state index in [4.69, 9.17) is 4.74 Å². The number of benzene rings is 1. The molecule has 1 aromatic carbocycles. The van der Waals surface area contributed by atoms with Gasteiger partial charge in [0, 0.05) is 18.2 Å². The molecule has 2 nitrogen and oxygen atoms in total. The zero-order valence-electron chi connectivity index (χ0n) is 9.58. The topological polar surface area (TPSA) is 21.3 Å². The van der Waals surface area contributed by atoms with Crippen molar-refractivity contribution in [1.29, 1.82) is 0 Å². The molecule has 0 spiro atoms. The first kappa shape index (κ1) is 11.6. The van der Waals surface area contributed by atoms with E-state index in [1.54, 1.807) is 6.07 Å². The Morgan fingerprint density at radius 1 is 1.50 bits per heavy atom. The number of rotatable bonds is 4. The molecule has 2 rings (SSSR count). The lowest BCUT2D eigenvalue weighted by molar-refractivity contribution is 0.0950. The van der Waals surface area contributed by atoms with E-state index < -0.39 is 0 Å². The van der Waals surface area contributed by atoms with E-state index in [0.717, 1.165) is 31.4 Å². The molecule has 0 radical (unpaired) electrons. The Labute approximate surface area is 95.8 Å². The highest BCUT2D eigenvalue weighted by Crippen LogP contribution is 2.26. The van der Waals surface area contributed by atoms with Gasteiger partial charge in [-0.05, 0) is 32.4 Å². The molecule has 88 valence electrons. The third kappa shape index (κ3) is 2.60. The summed E-state index contributed by atoms with van der Waals surface area (Å²) < 4.78 is 19.2. The van der Waals surface area contributed by atoms with Gasteiger partial charge in [-0.25, -0.2) is 4.39 Å². The number of hydrogen-bond acceptors (Lipinski definition) is 2. The fraction of sp³-hybridized carbons (Fsp3) is 0.538. The fourth-order valence-electron chi connectivity index (χ4n) is 2.25. The molecule has 1 aromatic rings. The molecule has 1 saturated heterocycles. The molecule has 0 aliphatic carbocycles. The van der Waals surface area contributed by atoms with Gasteiger partial charge in [-0.2, -0.15) is 0 Å². The molecular formula is C13H18FNO. The van der Waals surface area contributed by atoms with Gasteiger partial charge in [0.1, 0.15) is 5.82 Å². The number of ether oxygens (including phenoxy) is 1. The SMILES string of the molecule is CNC(CC1CCCO1)c1ccccc1F. The zero-order chi connectivity index (χ0) is 11.4. The summed E-state index contributed by atoms with van der Waals surface area (Å²) in [5, 5.41) is 3.17. The van der Waals surface area contributed by atoms with Crippen molar-refractivity contribution >= 4 is 0 Å². The van der Waals surface area contributed by atoms with Gasteiger partial charge in [0.05, 0.1) is 6.10 Å². The Balaban J connectivity index is 2.06. The van der Waals surface area contributed by atoms with E-state index in [2.05, 4.69) is 5.32 Å². The first-order valence-electron chi connectivity index (χ1n) is 5.84. The standard InChI is InChI=1S/C13H18FNO/c1-15-13(9-10-5-4-8-16-10)11-6-2-3-7-12(11)14/h2-3,6-7,10,13,15H,4-5,8-9H2,1H3. The molecule has 2 atom stereocenters. The summed E-state index contributed by atoms with van der Waals surface area (Å²) in [5.41, 5.74) is 0.737. The van der Waals surface area contributed by atoms with E-state index in [1.807, 2.05) is 19.2 Å². The Bertz CT molecular complexity index is 336. The van der Waals surface area contributed by atoms with Gasteiger partial charge in [0.25, 0.3) is 0 Å². The van der Waals surface area contributed by atoms with Gasteiger partial charge in [0.2, 0.25) is 0 Å². The van der Waals surface area contributed by atoms with Crippen molar-refractivity contribution in [3.63, 3.8) is 0 Å². The lowest BCUT2D eigenvalue weighted by atomic mass is 9.99. The predicted molar refractivity (Wildman–Crippen MR) is 61.8 cm³/mol. The van der Waals surface area contributed by atoms with Crippen molar-refractivity contribution < 1.29 is 9.13 Å². The first-order chi connectivity index (χ1) is 7.81. The molecule has 16 heavy (non-hydrogen) atoms. The average molecular weight is 223 g/mol. The van der Waals surface area contributed by atoms with Crippen LogP contribution in [-0.4, -0.2) is 19.8 Å². The van der Waals surface area contributed by atoms with Crippen LogP contribution in [0.5, 0.6) is 0 Å². The van der Waals surface area contributed by atoms with Crippen molar-refractivity contribution in [1.82, 2.24) is 5.32 Å². The number of hydrogen-bond donors (Lipinski definition) is 1. The minimum Gasteiger partial charge on any atom is -0.378 e. The number of nitrogens with one attached hydrogen (secondary N) is 1. The van der Waals surface area contributed by atoms with Crippen molar-refractivity contribution in [2.75, 3.05) is 13.7 Å². The summed E-state index contributed by atoms with van der Waals surface area (Å²) in [7, 11) is 1.87. The minimum atomic E-state index is -0.139. The Morgan fingerprint density at radius 3 is 2.94 bits per heavy atom. The summed E-state index contributed by atoms with van der Waals surface area (Å²) in [5.74, 6) is -0.139. The van der Waals surface area contributed by atoms with E-state index in [0.29, 0.717) is 0 Å². The van der Waals surface area contributed by atoms with Gasteiger partial charge in [-0.3, -0.25) is 0 Å². The van der Waals surface area contributed by atoms with Crippen LogP contribution in [0.2, 0.25) is 0 Å². The van der Waals surface area contributed by atoms with Gasteiger partial charge in [0.15, 0.2) is 0 Å². The molecule has 2 unspecified atom stereocenters. The first-order valence-corrected chi connectivity index (χ1v) is 5.84. The maximum absolute atomic E-state index is 13.6. The molecule has 1 fully saturated rings. The van der Waals surface area contributed by atoms with Crippen LogP contribution in [-0.2, 0) is 4.74 Å². The fourth-order valence-corrected chi connectivity index (χ4v) is 2.25. The van der Waals surface area contributed by atoms with Crippen LogP contribution in [0.3, 0.4) is 0 Å². The maximum Gasteiger partial charge on any atom is 0.127 e. The second-order valence-corrected chi connectivity index (χ2v) is 4.23. The lowest BCUT2D eigenvalue weighted by Gasteiger charge is -2.20. The molecule has 0 amide bonds. The van der Waals surface area contributed by atoms with E-state index in [-0.39, 0.29) is 18.0 Å². The van der Waals surface area contributed by atoms with Gasteiger partial charge in [-0.1, -0.05) is 18.2 Å². The van der Waals surface area contributed by atoms with Gasteiger partial charge < -0.3 is 10.1 Å². The lowest BCUT2D eigenvalue weighted by Crippen LogP contribution is -2.23. The van der Waals surface area contributed by atoms with Crippen LogP contribution in [0.15, 0.2) is 24.3 Å². The normalized spacial score (nSPS) is 22.2.